The van der Waals surface area contributed by atoms with Crippen LogP contribution >= 0.6 is 11.3 Å². The minimum absolute atomic E-state index is 0.00945. The summed E-state index contributed by atoms with van der Waals surface area (Å²) in [5.41, 5.74) is 0. The molecule has 1 unspecified atom stereocenters. The first-order valence-electron chi connectivity index (χ1n) is 9.67. The van der Waals surface area contributed by atoms with Gasteiger partial charge in [-0.1, -0.05) is 24.3 Å². The minimum atomic E-state index is -3.31. The second-order valence-electron chi connectivity index (χ2n) is 6.69. The van der Waals surface area contributed by atoms with E-state index in [0.717, 1.165) is 26.3 Å². The van der Waals surface area contributed by atoms with Gasteiger partial charge in [-0.25, -0.2) is 8.42 Å². The Hall–Kier alpha value is -1.94. The molecule has 7 nitrogen and oxygen atoms in total. The van der Waals surface area contributed by atoms with Crippen LogP contribution in [0.1, 0.15) is 10.9 Å². The minimum Gasteiger partial charge on any atom is -0.379 e. The SMILES string of the molecule is CN=C(NCCS(=O)(=O)c1ccccc1)NCC(c1cccs1)N1CCOCC1. The summed E-state index contributed by atoms with van der Waals surface area (Å²) < 4.78 is 30.3. The molecule has 3 rings (SSSR count). The van der Waals surface area contributed by atoms with Crippen molar-refractivity contribution < 1.29 is 13.2 Å². The average molecular weight is 437 g/mol. The number of guanidine groups is 1. The van der Waals surface area contributed by atoms with Crippen LogP contribution in [0.4, 0.5) is 0 Å². The topological polar surface area (TPSA) is 83.0 Å². The maximum atomic E-state index is 12.4. The number of rotatable bonds is 8. The van der Waals surface area contributed by atoms with Gasteiger partial charge in [0.05, 0.1) is 29.9 Å². The third kappa shape index (κ3) is 6.27. The highest BCUT2D eigenvalue weighted by Gasteiger charge is 2.23. The standard InChI is InChI=1S/C20H28N4O3S2/c1-21-20(22-9-15-29(25,26)17-6-3-2-4-7-17)23-16-18(19-8-5-14-28-19)24-10-12-27-13-11-24/h2-8,14,18H,9-13,15-16H2,1H3,(H2,21,22,23). The quantitative estimate of drug-likeness (QED) is 0.485. The first-order valence-corrected chi connectivity index (χ1v) is 12.2. The Labute approximate surface area is 176 Å². The highest BCUT2D eigenvalue weighted by atomic mass is 32.2. The highest BCUT2D eigenvalue weighted by Crippen LogP contribution is 2.25. The van der Waals surface area contributed by atoms with Crippen molar-refractivity contribution in [2.24, 2.45) is 4.99 Å². The molecule has 0 spiro atoms. The molecule has 2 N–H and O–H groups in total. The predicted octanol–water partition coefficient (Wildman–Crippen LogP) is 1.76. The molecule has 29 heavy (non-hydrogen) atoms. The van der Waals surface area contributed by atoms with Crippen LogP contribution in [0.15, 0.2) is 57.7 Å². The smallest absolute Gasteiger partial charge is 0.191 e. The van der Waals surface area contributed by atoms with Gasteiger partial charge in [0, 0.05) is 38.1 Å². The maximum absolute atomic E-state index is 12.4. The third-order valence-corrected chi connectivity index (χ3v) is 7.52. The van der Waals surface area contributed by atoms with Gasteiger partial charge in [-0.2, -0.15) is 0 Å². The van der Waals surface area contributed by atoms with Gasteiger partial charge in [0.2, 0.25) is 0 Å². The van der Waals surface area contributed by atoms with E-state index >= 15 is 0 Å². The zero-order chi connectivity index (χ0) is 20.5. The largest absolute Gasteiger partial charge is 0.379 e. The zero-order valence-corrected chi connectivity index (χ0v) is 18.2. The number of thiophene rings is 1. The van der Waals surface area contributed by atoms with Crippen LogP contribution in [0.25, 0.3) is 0 Å². The number of ether oxygens (including phenoxy) is 1. The molecule has 9 heteroatoms. The number of hydrogen-bond acceptors (Lipinski definition) is 6. The van der Waals surface area contributed by atoms with Crippen molar-refractivity contribution in [2.45, 2.75) is 10.9 Å². The molecule has 158 valence electrons. The normalized spacial score (nSPS) is 17.1. The molecule has 1 aromatic heterocycles. The molecule has 1 aromatic carbocycles. The molecule has 0 radical (unpaired) electrons. The lowest BCUT2D eigenvalue weighted by Gasteiger charge is -2.34. The Morgan fingerprint density at radius 1 is 1.17 bits per heavy atom. The molecular weight excluding hydrogens is 408 g/mol. The van der Waals surface area contributed by atoms with Crippen LogP contribution in [0.5, 0.6) is 0 Å². The van der Waals surface area contributed by atoms with Crippen molar-refractivity contribution in [3.63, 3.8) is 0 Å². The molecule has 1 aliphatic rings. The van der Waals surface area contributed by atoms with Gasteiger partial charge in [0.25, 0.3) is 0 Å². The van der Waals surface area contributed by atoms with Crippen molar-refractivity contribution in [2.75, 3.05) is 52.2 Å². The van der Waals surface area contributed by atoms with Crippen molar-refractivity contribution in [3.05, 3.63) is 52.7 Å². The highest BCUT2D eigenvalue weighted by molar-refractivity contribution is 7.91. The number of aliphatic imine (C=N–C) groups is 1. The van der Waals surface area contributed by atoms with E-state index in [4.69, 9.17) is 4.74 Å². The molecule has 0 aliphatic carbocycles. The fourth-order valence-corrected chi connectivity index (χ4v) is 5.28. The Kier molecular flexibility index (Phi) is 8.05. The number of benzene rings is 1. The number of hydrogen-bond donors (Lipinski definition) is 2. The summed E-state index contributed by atoms with van der Waals surface area (Å²) >= 11 is 1.74. The second kappa shape index (κ2) is 10.7. The molecule has 1 fully saturated rings. The Morgan fingerprint density at radius 2 is 1.93 bits per heavy atom. The van der Waals surface area contributed by atoms with Gasteiger partial charge in [0.1, 0.15) is 0 Å². The van der Waals surface area contributed by atoms with Crippen LogP contribution in [0.3, 0.4) is 0 Å². The summed E-state index contributed by atoms with van der Waals surface area (Å²) in [6.07, 6.45) is 0. The summed E-state index contributed by atoms with van der Waals surface area (Å²) in [4.78, 5) is 8.29. The fraction of sp³-hybridized carbons (Fsp3) is 0.450. The number of nitrogens with zero attached hydrogens (tertiary/aromatic N) is 2. The first kappa shape index (κ1) is 21.8. The summed E-state index contributed by atoms with van der Waals surface area (Å²) in [6, 6.07) is 13.0. The summed E-state index contributed by atoms with van der Waals surface area (Å²) in [5, 5.41) is 8.56. The van der Waals surface area contributed by atoms with Gasteiger partial charge in [-0.15, -0.1) is 11.3 Å². The van der Waals surface area contributed by atoms with Crippen LogP contribution in [-0.4, -0.2) is 71.5 Å². The monoisotopic (exact) mass is 436 g/mol. The lowest BCUT2D eigenvalue weighted by atomic mass is 10.2. The van der Waals surface area contributed by atoms with E-state index in [1.165, 1.54) is 4.88 Å². The molecule has 1 atom stereocenters. The summed E-state index contributed by atoms with van der Waals surface area (Å²) in [7, 11) is -1.62. The Morgan fingerprint density at radius 3 is 2.59 bits per heavy atom. The molecule has 2 heterocycles. The zero-order valence-electron chi connectivity index (χ0n) is 16.6. The predicted molar refractivity (Wildman–Crippen MR) is 117 cm³/mol. The molecule has 2 aromatic rings. The van der Waals surface area contributed by atoms with Gasteiger partial charge >= 0.3 is 0 Å². The number of nitrogens with one attached hydrogen (secondary N) is 2. The van der Waals surface area contributed by atoms with Gasteiger partial charge in [-0.3, -0.25) is 9.89 Å². The van der Waals surface area contributed by atoms with Gasteiger partial charge < -0.3 is 15.4 Å². The van der Waals surface area contributed by atoms with E-state index in [1.807, 2.05) is 6.07 Å². The van der Waals surface area contributed by atoms with E-state index in [-0.39, 0.29) is 18.3 Å². The Balaban J connectivity index is 1.53. The van der Waals surface area contributed by atoms with E-state index in [0.29, 0.717) is 17.4 Å². The fourth-order valence-electron chi connectivity index (χ4n) is 3.24. The average Bonchev–Trinajstić information content (AvgIpc) is 3.28. The Bertz CT molecular complexity index is 864. The molecule has 0 amide bonds. The third-order valence-electron chi connectivity index (χ3n) is 4.81. The van der Waals surface area contributed by atoms with E-state index in [9.17, 15) is 8.42 Å². The lowest BCUT2D eigenvalue weighted by molar-refractivity contribution is 0.0177. The molecule has 1 saturated heterocycles. The molecule has 0 bridgehead atoms. The van der Waals surface area contributed by atoms with Crippen LogP contribution in [0.2, 0.25) is 0 Å². The lowest BCUT2D eigenvalue weighted by Crippen LogP contribution is -2.46. The summed E-state index contributed by atoms with van der Waals surface area (Å²) in [6.45, 7) is 4.25. The first-order chi connectivity index (χ1) is 14.1. The molecule has 1 aliphatic heterocycles. The van der Waals surface area contributed by atoms with Crippen molar-refractivity contribution in [1.29, 1.82) is 0 Å². The van der Waals surface area contributed by atoms with Crippen LogP contribution in [-0.2, 0) is 14.6 Å². The van der Waals surface area contributed by atoms with Gasteiger partial charge in [0.15, 0.2) is 15.8 Å². The number of sulfone groups is 1. The van der Waals surface area contributed by atoms with Crippen LogP contribution < -0.4 is 10.6 Å². The summed E-state index contributed by atoms with van der Waals surface area (Å²) in [5.74, 6) is 0.610. The maximum Gasteiger partial charge on any atom is 0.191 e. The number of morpholine rings is 1. The molecule has 0 saturated carbocycles. The van der Waals surface area contributed by atoms with Crippen molar-refractivity contribution >= 4 is 27.1 Å². The second-order valence-corrected chi connectivity index (χ2v) is 9.78. The van der Waals surface area contributed by atoms with E-state index in [2.05, 4.69) is 38.0 Å². The van der Waals surface area contributed by atoms with Crippen molar-refractivity contribution in [3.8, 4) is 0 Å². The van der Waals surface area contributed by atoms with Crippen molar-refractivity contribution in [1.82, 2.24) is 15.5 Å². The van der Waals surface area contributed by atoms with Gasteiger partial charge in [-0.05, 0) is 23.6 Å². The van der Waals surface area contributed by atoms with E-state index in [1.54, 1.807) is 42.6 Å². The van der Waals surface area contributed by atoms with Crippen LogP contribution in [0, 0.1) is 0 Å². The van der Waals surface area contributed by atoms with E-state index < -0.39 is 9.84 Å². The molecular formula is C20H28N4O3S2.